The van der Waals surface area contributed by atoms with E-state index in [4.69, 9.17) is 10.2 Å². The molecular formula is C16H26IN3O7. The summed E-state index contributed by atoms with van der Waals surface area (Å²) >= 11 is 1.65. The van der Waals surface area contributed by atoms with Crippen LogP contribution in [0.1, 0.15) is 13.8 Å². The second-order valence-electron chi connectivity index (χ2n) is 6.24. The molecule has 11 heteroatoms. The fourth-order valence-corrected chi connectivity index (χ4v) is 2.93. The summed E-state index contributed by atoms with van der Waals surface area (Å²) in [5, 5.41) is 17.9. The molecule has 0 aliphatic carbocycles. The van der Waals surface area contributed by atoms with Gasteiger partial charge in [-0.1, -0.05) is 0 Å². The SMILES string of the molecule is CC(=O)CN(CCN(CCN(CC(C)=O)CC(=O)O)CC(=O)I)CC(=O)O. The van der Waals surface area contributed by atoms with Crippen LogP contribution in [-0.2, 0) is 24.0 Å². The lowest BCUT2D eigenvalue weighted by Gasteiger charge is -2.27. The Morgan fingerprint density at radius 3 is 1.22 bits per heavy atom. The number of carbonyl (C=O) groups excluding carboxylic acids is 3. The molecule has 27 heavy (non-hydrogen) atoms. The number of ketones is 2. The standard InChI is InChI=1S/C16H26IN3O7/c1-12(21)7-19(10-15(24)25)5-3-18(9-14(17)23)4-6-20(8-13(2)22)11-16(26)27/h3-11H2,1-2H3,(H,24,25)(H,26,27). The number of Topliss-reactive ketones (excluding diaryl/α,β-unsaturated/α-hetero) is 2. The highest BCUT2D eigenvalue weighted by Crippen LogP contribution is 1.99. The molecule has 0 heterocycles. The minimum atomic E-state index is -1.05. The third-order valence-corrected chi connectivity index (χ3v) is 3.76. The van der Waals surface area contributed by atoms with Crippen molar-refractivity contribution in [3.8, 4) is 0 Å². The van der Waals surface area contributed by atoms with Crippen LogP contribution in [-0.4, -0.2) is 111 Å². The van der Waals surface area contributed by atoms with Gasteiger partial charge in [0.1, 0.15) is 11.6 Å². The van der Waals surface area contributed by atoms with Crippen molar-refractivity contribution in [3.63, 3.8) is 0 Å². The second kappa shape index (κ2) is 13.7. The van der Waals surface area contributed by atoms with E-state index in [1.165, 1.54) is 23.6 Å². The summed E-state index contributed by atoms with van der Waals surface area (Å²) in [4.78, 5) is 60.6. The zero-order valence-electron chi connectivity index (χ0n) is 15.5. The lowest BCUT2D eigenvalue weighted by Crippen LogP contribution is -2.44. The summed E-state index contributed by atoms with van der Waals surface area (Å²) in [6.45, 7) is 3.43. The van der Waals surface area contributed by atoms with Crippen molar-refractivity contribution in [2.75, 3.05) is 58.9 Å². The first kappa shape index (κ1) is 25.6. The Balaban J connectivity index is 4.85. The second-order valence-corrected chi connectivity index (χ2v) is 7.45. The van der Waals surface area contributed by atoms with Gasteiger partial charge in [0.05, 0.1) is 32.7 Å². The fraction of sp³-hybridized carbons (Fsp3) is 0.688. The molecule has 154 valence electrons. The minimum absolute atomic E-state index is 0.00615. The van der Waals surface area contributed by atoms with E-state index in [1.807, 2.05) is 0 Å². The molecule has 0 aromatic carbocycles. The van der Waals surface area contributed by atoms with Crippen LogP contribution in [0.3, 0.4) is 0 Å². The number of rotatable bonds is 16. The Bertz CT molecular complexity index is 484. The predicted molar refractivity (Wildman–Crippen MR) is 105 cm³/mol. The van der Waals surface area contributed by atoms with E-state index in [2.05, 4.69) is 0 Å². The van der Waals surface area contributed by atoms with Gasteiger partial charge in [0, 0.05) is 48.8 Å². The average molecular weight is 499 g/mol. The fourth-order valence-electron chi connectivity index (χ4n) is 2.45. The molecule has 0 fully saturated rings. The Labute approximate surface area is 171 Å². The van der Waals surface area contributed by atoms with Crippen LogP contribution in [0, 0.1) is 0 Å². The molecule has 0 spiro atoms. The van der Waals surface area contributed by atoms with Gasteiger partial charge in [-0.05, 0) is 13.8 Å². The van der Waals surface area contributed by atoms with Gasteiger partial charge in [0.15, 0.2) is 0 Å². The topological polar surface area (TPSA) is 136 Å². The first-order valence-electron chi connectivity index (χ1n) is 8.27. The summed E-state index contributed by atoms with van der Waals surface area (Å²) in [5.74, 6) is -2.44. The molecule has 0 aromatic rings. The van der Waals surface area contributed by atoms with E-state index in [-0.39, 0.29) is 61.2 Å². The number of nitrogens with zero attached hydrogens (tertiary/aromatic N) is 3. The zero-order chi connectivity index (χ0) is 21.0. The van der Waals surface area contributed by atoms with Crippen LogP contribution < -0.4 is 0 Å². The van der Waals surface area contributed by atoms with Gasteiger partial charge in [-0.25, -0.2) is 0 Å². The Hall–Kier alpha value is -1.44. The number of carbonyl (C=O) groups is 5. The monoisotopic (exact) mass is 499 g/mol. The molecule has 0 aliphatic rings. The van der Waals surface area contributed by atoms with Crippen LogP contribution in [0.15, 0.2) is 0 Å². The normalized spacial score (nSPS) is 11.2. The molecule has 0 rings (SSSR count). The number of hydrogen-bond acceptors (Lipinski definition) is 8. The molecule has 0 saturated carbocycles. The number of carboxylic acids is 2. The Morgan fingerprint density at radius 2 is 0.963 bits per heavy atom. The van der Waals surface area contributed by atoms with Crippen molar-refractivity contribution < 1.29 is 34.2 Å². The maximum atomic E-state index is 11.5. The van der Waals surface area contributed by atoms with Gasteiger partial charge in [-0.15, -0.1) is 0 Å². The summed E-state index contributed by atoms with van der Waals surface area (Å²) in [7, 11) is 0. The van der Waals surface area contributed by atoms with Gasteiger partial charge >= 0.3 is 11.9 Å². The van der Waals surface area contributed by atoms with E-state index >= 15 is 0 Å². The van der Waals surface area contributed by atoms with E-state index in [9.17, 15) is 24.0 Å². The van der Waals surface area contributed by atoms with Crippen LogP contribution in [0.4, 0.5) is 0 Å². The highest BCUT2D eigenvalue weighted by atomic mass is 127. The van der Waals surface area contributed by atoms with Crippen molar-refractivity contribution in [2.24, 2.45) is 0 Å². The number of carboxylic acid groups (broad SMARTS) is 2. The predicted octanol–water partition coefficient (Wildman–Crippen LogP) is -0.799. The van der Waals surface area contributed by atoms with Crippen LogP contribution in [0.5, 0.6) is 0 Å². The molecule has 0 aliphatic heterocycles. The van der Waals surface area contributed by atoms with E-state index in [1.54, 1.807) is 27.5 Å². The van der Waals surface area contributed by atoms with Gasteiger partial charge in [0.25, 0.3) is 0 Å². The summed E-state index contributed by atoms with van der Waals surface area (Å²) in [5.41, 5.74) is 0. The van der Waals surface area contributed by atoms with E-state index < -0.39 is 11.9 Å². The van der Waals surface area contributed by atoms with Crippen molar-refractivity contribution in [3.05, 3.63) is 0 Å². The maximum absolute atomic E-state index is 11.5. The molecule has 2 N–H and O–H groups in total. The van der Waals surface area contributed by atoms with Gasteiger partial charge in [-0.3, -0.25) is 38.7 Å². The first-order chi connectivity index (χ1) is 12.5. The lowest BCUT2D eigenvalue weighted by atomic mass is 10.3. The highest BCUT2D eigenvalue weighted by molar-refractivity contribution is 14.1. The van der Waals surface area contributed by atoms with Gasteiger partial charge < -0.3 is 10.2 Å². The third kappa shape index (κ3) is 15.3. The zero-order valence-corrected chi connectivity index (χ0v) is 17.7. The van der Waals surface area contributed by atoms with E-state index in [0.29, 0.717) is 13.1 Å². The summed E-state index contributed by atoms with van der Waals surface area (Å²) in [6, 6.07) is 0. The molecule has 0 unspecified atom stereocenters. The first-order valence-corrected chi connectivity index (χ1v) is 9.35. The minimum Gasteiger partial charge on any atom is -0.480 e. The summed E-state index contributed by atoms with van der Waals surface area (Å²) in [6.07, 6.45) is 0. The molecule has 10 nitrogen and oxygen atoms in total. The molecule has 0 radical (unpaired) electrons. The largest absolute Gasteiger partial charge is 0.480 e. The number of aliphatic carboxylic acids is 2. The van der Waals surface area contributed by atoms with Crippen LogP contribution in [0.2, 0.25) is 0 Å². The average Bonchev–Trinajstić information content (AvgIpc) is 2.46. The van der Waals surface area contributed by atoms with E-state index in [0.717, 1.165) is 0 Å². The lowest BCUT2D eigenvalue weighted by molar-refractivity contribution is -0.139. The van der Waals surface area contributed by atoms with Gasteiger partial charge in [-0.2, -0.15) is 0 Å². The van der Waals surface area contributed by atoms with Crippen molar-refractivity contribution in [1.29, 1.82) is 0 Å². The van der Waals surface area contributed by atoms with Crippen molar-refractivity contribution >= 4 is 49.9 Å². The van der Waals surface area contributed by atoms with Crippen molar-refractivity contribution in [2.45, 2.75) is 13.8 Å². The number of hydrogen-bond donors (Lipinski definition) is 2. The van der Waals surface area contributed by atoms with Gasteiger partial charge in [0.2, 0.25) is 3.79 Å². The molecule has 0 aromatic heterocycles. The molecule has 0 atom stereocenters. The van der Waals surface area contributed by atoms with Crippen LogP contribution in [0.25, 0.3) is 0 Å². The third-order valence-electron chi connectivity index (χ3n) is 3.42. The Kier molecular flexibility index (Phi) is 13.0. The van der Waals surface area contributed by atoms with Crippen molar-refractivity contribution in [1.82, 2.24) is 14.7 Å². The number of halogens is 1. The molecule has 0 saturated heterocycles. The smallest absolute Gasteiger partial charge is 0.317 e. The maximum Gasteiger partial charge on any atom is 0.317 e. The Morgan fingerprint density at radius 1 is 0.630 bits per heavy atom. The molecule has 0 amide bonds. The van der Waals surface area contributed by atoms with Crippen LogP contribution >= 0.6 is 22.6 Å². The molecule has 0 bridgehead atoms. The quantitative estimate of drug-likeness (QED) is 0.205. The summed E-state index contributed by atoms with van der Waals surface area (Å²) < 4.78 is -0.125. The molecular weight excluding hydrogens is 473 g/mol. The highest BCUT2D eigenvalue weighted by Gasteiger charge is 2.17.